The molecule has 1 amide bonds. The van der Waals surface area contributed by atoms with Crippen LogP contribution in [0.1, 0.15) is 5.56 Å². The lowest BCUT2D eigenvalue weighted by Gasteiger charge is -2.05. The summed E-state index contributed by atoms with van der Waals surface area (Å²) in [5.74, 6) is -0.159. The second kappa shape index (κ2) is 8.00. The first kappa shape index (κ1) is 16.6. The molecule has 2 aromatic carbocycles. The summed E-state index contributed by atoms with van der Waals surface area (Å²) in [5.41, 5.74) is 7.08. The smallest absolute Gasteiger partial charge is 0.265 e. The molecule has 114 valence electrons. The van der Waals surface area contributed by atoms with Crippen molar-refractivity contribution in [3.05, 3.63) is 62.7 Å². The predicted molar refractivity (Wildman–Crippen MR) is 95.9 cm³/mol. The number of nitrogens with two attached hydrogens (primary N) is 1. The van der Waals surface area contributed by atoms with Gasteiger partial charge in [0.2, 0.25) is 0 Å². The number of anilines is 1. The number of halogens is 2. The zero-order valence-electron chi connectivity index (χ0n) is 11.4. The fraction of sp³-hybridized carbons (Fsp3) is 0.0667. The van der Waals surface area contributed by atoms with Gasteiger partial charge in [0.25, 0.3) is 5.91 Å². The van der Waals surface area contributed by atoms with E-state index in [0.717, 1.165) is 3.57 Å². The molecule has 0 aliphatic heterocycles. The third-order valence-electron chi connectivity index (χ3n) is 2.61. The molecule has 0 aromatic heterocycles. The minimum absolute atomic E-state index is 0.157. The van der Waals surface area contributed by atoms with Gasteiger partial charge in [-0.1, -0.05) is 28.9 Å². The summed E-state index contributed by atoms with van der Waals surface area (Å²) in [5, 5.41) is 6.95. The van der Waals surface area contributed by atoms with Crippen LogP contribution in [-0.2, 0) is 9.63 Å². The molecule has 3 N–H and O–H groups in total. The minimum Gasteiger partial charge on any atom is -0.384 e. The molecule has 0 saturated heterocycles. The van der Waals surface area contributed by atoms with E-state index >= 15 is 0 Å². The van der Waals surface area contributed by atoms with Crippen molar-refractivity contribution in [2.45, 2.75) is 0 Å². The highest BCUT2D eigenvalue weighted by atomic mass is 127. The molecule has 0 radical (unpaired) electrons. The third-order valence-corrected chi connectivity index (χ3v) is 3.56. The van der Waals surface area contributed by atoms with Gasteiger partial charge in [-0.3, -0.25) is 4.79 Å². The van der Waals surface area contributed by atoms with Crippen molar-refractivity contribution >= 4 is 51.6 Å². The lowest BCUT2D eigenvalue weighted by Crippen LogP contribution is -2.19. The van der Waals surface area contributed by atoms with E-state index in [0.29, 0.717) is 16.3 Å². The second-order valence-electron chi connectivity index (χ2n) is 4.32. The molecule has 2 aromatic rings. The van der Waals surface area contributed by atoms with Gasteiger partial charge in [0.15, 0.2) is 12.4 Å². The minimum atomic E-state index is -0.316. The molecule has 2 rings (SSSR count). The Hall–Kier alpha value is -1.80. The topological polar surface area (TPSA) is 76.7 Å². The molecule has 5 nitrogen and oxygen atoms in total. The number of amidine groups is 1. The van der Waals surface area contributed by atoms with Crippen molar-refractivity contribution < 1.29 is 9.63 Å². The fourth-order valence-electron chi connectivity index (χ4n) is 1.59. The molecule has 0 atom stereocenters. The molecule has 0 unspecified atom stereocenters. The van der Waals surface area contributed by atoms with Gasteiger partial charge in [0.1, 0.15) is 0 Å². The van der Waals surface area contributed by atoms with E-state index in [2.05, 4.69) is 33.1 Å². The normalized spacial score (nSPS) is 11.1. The summed E-state index contributed by atoms with van der Waals surface area (Å²) in [7, 11) is 0. The number of carbonyl (C=O) groups is 1. The summed E-state index contributed by atoms with van der Waals surface area (Å²) >= 11 is 8.05. The second-order valence-corrected chi connectivity index (χ2v) is 6.00. The molecule has 22 heavy (non-hydrogen) atoms. The molecule has 0 saturated carbocycles. The largest absolute Gasteiger partial charge is 0.384 e. The molecule has 7 heteroatoms. The number of nitrogens with zero attached hydrogens (tertiary/aromatic N) is 1. The van der Waals surface area contributed by atoms with Crippen LogP contribution >= 0.6 is 34.2 Å². The molecule has 0 bridgehead atoms. The summed E-state index contributed by atoms with van der Waals surface area (Å²) < 4.78 is 1.09. The van der Waals surface area contributed by atoms with Gasteiger partial charge in [-0.2, -0.15) is 0 Å². The molecular formula is C15H13ClIN3O2. The van der Waals surface area contributed by atoms with Crippen LogP contribution in [0, 0.1) is 3.57 Å². The average Bonchev–Trinajstić information content (AvgIpc) is 2.49. The number of oxime groups is 1. The van der Waals surface area contributed by atoms with Gasteiger partial charge >= 0.3 is 0 Å². The van der Waals surface area contributed by atoms with Gasteiger partial charge in [-0.15, -0.1) is 0 Å². The Bertz CT molecular complexity index is 689. The van der Waals surface area contributed by atoms with Crippen LogP contribution in [0.15, 0.2) is 53.7 Å². The maximum atomic E-state index is 11.7. The van der Waals surface area contributed by atoms with E-state index in [4.69, 9.17) is 22.2 Å². The number of hydrogen-bond donors (Lipinski definition) is 2. The van der Waals surface area contributed by atoms with Gasteiger partial charge in [-0.05, 0) is 59.0 Å². The van der Waals surface area contributed by atoms with E-state index in [9.17, 15) is 4.79 Å². The van der Waals surface area contributed by atoms with Crippen LogP contribution in [0.4, 0.5) is 5.69 Å². The van der Waals surface area contributed by atoms with Crippen molar-refractivity contribution in [3.8, 4) is 0 Å². The van der Waals surface area contributed by atoms with Crippen LogP contribution in [0.5, 0.6) is 0 Å². The molecule has 0 aliphatic carbocycles. The van der Waals surface area contributed by atoms with Gasteiger partial charge < -0.3 is 15.9 Å². The molecule has 0 fully saturated rings. The number of nitrogens with one attached hydrogen (secondary N) is 1. The molecular weight excluding hydrogens is 417 g/mol. The Labute approximate surface area is 146 Å². The number of hydrogen-bond acceptors (Lipinski definition) is 3. The zero-order chi connectivity index (χ0) is 15.9. The van der Waals surface area contributed by atoms with Crippen molar-refractivity contribution in [1.29, 1.82) is 0 Å². The van der Waals surface area contributed by atoms with E-state index in [1.165, 1.54) is 0 Å². The Morgan fingerprint density at radius 1 is 1.27 bits per heavy atom. The fourth-order valence-corrected chi connectivity index (χ4v) is 2.14. The van der Waals surface area contributed by atoms with E-state index < -0.39 is 0 Å². The Balaban J connectivity index is 1.85. The summed E-state index contributed by atoms with van der Waals surface area (Å²) in [6.07, 6.45) is 0. The van der Waals surface area contributed by atoms with Crippen LogP contribution in [0.3, 0.4) is 0 Å². The number of rotatable bonds is 5. The first-order valence-electron chi connectivity index (χ1n) is 6.31. The number of benzene rings is 2. The summed E-state index contributed by atoms with van der Waals surface area (Å²) in [4.78, 5) is 16.7. The highest BCUT2D eigenvalue weighted by Crippen LogP contribution is 2.11. The van der Waals surface area contributed by atoms with Crippen LogP contribution in [0.2, 0.25) is 5.02 Å². The Morgan fingerprint density at radius 2 is 2.00 bits per heavy atom. The van der Waals surface area contributed by atoms with Crippen LogP contribution in [0.25, 0.3) is 0 Å². The lowest BCUT2D eigenvalue weighted by molar-refractivity contribution is -0.120. The first-order valence-corrected chi connectivity index (χ1v) is 7.77. The molecule has 0 aliphatic rings. The maximum Gasteiger partial charge on any atom is 0.265 e. The van der Waals surface area contributed by atoms with Gasteiger partial charge in [0.05, 0.1) is 0 Å². The SMILES string of the molecule is N/C(=N/OCC(=O)Nc1ccc(I)cc1)c1cccc(Cl)c1. The van der Waals surface area contributed by atoms with E-state index in [1.807, 2.05) is 24.3 Å². The highest BCUT2D eigenvalue weighted by Gasteiger charge is 2.04. The number of amides is 1. The van der Waals surface area contributed by atoms with Gasteiger partial charge in [-0.25, -0.2) is 0 Å². The lowest BCUT2D eigenvalue weighted by atomic mass is 10.2. The highest BCUT2D eigenvalue weighted by molar-refractivity contribution is 14.1. The monoisotopic (exact) mass is 429 g/mol. The van der Waals surface area contributed by atoms with E-state index in [1.54, 1.807) is 24.3 Å². The van der Waals surface area contributed by atoms with Crippen LogP contribution < -0.4 is 11.1 Å². The average molecular weight is 430 g/mol. The van der Waals surface area contributed by atoms with Crippen molar-refractivity contribution in [1.82, 2.24) is 0 Å². The quantitative estimate of drug-likeness (QED) is 0.332. The van der Waals surface area contributed by atoms with Crippen LogP contribution in [-0.4, -0.2) is 18.3 Å². The standard InChI is InChI=1S/C15H13ClIN3O2/c16-11-3-1-2-10(8-11)15(18)20-22-9-14(21)19-13-6-4-12(17)5-7-13/h1-8H,9H2,(H2,18,20)(H,19,21). The summed E-state index contributed by atoms with van der Waals surface area (Å²) in [6.45, 7) is -0.229. The third kappa shape index (κ3) is 5.19. The first-order chi connectivity index (χ1) is 10.5. The predicted octanol–water partition coefficient (Wildman–Crippen LogP) is 3.22. The Kier molecular flexibility index (Phi) is 6.02. The molecule has 0 heterocycles. The van der Waals surface area contributed by atoms with Crippen molar-refractivity contribution in [2.24, 2.45) is 10.9 Å². The Morgan fingerprint density at radius 3 is 2.68 bits per heavy atom. The van der Waals surface area contributed by atoms with Gasteiger partial charge in [0, 0.05) is 19.8 Å². The zero-order valence-corrected chi connectivity index (χ0v) is 14.3. The summed E-state index contributed by atoms with van der Waals surface area (Å²) in [6, 6.07) is 14.3. The van der Waals surface area contributed by atoms with Crippen molar-refractivity contribution in [3.63, 3.8) is 0 Å². The number of carbonyl (C=O) groups excluding carboxylic acids is 1. The maximum absolute atomic E-state index is 11.7. The van der Waals surface area contributed by atoms with Crippen molar-refractivity contribution in [2.75, 3.05) is 11.9 Å². The molecule has 0 spiro atoms. The van der Waals surface area contributed by atoms with E-state index in [-0.39, 0.29) is 18.3 Å².